The van der Waals surface area contributed by atoms with Gasteiger partial charge in [0.05, 0.1) is 5.41 Å². The van der Waals surface area contributed by atoms with Gasteiger partial charge >= 0.3 is 0 Å². The Morgan fingerprint density at radius 2 is 1.87 bits per heavy atom. The number of hydrogen-bond donors (Lipinski definition) is 1. The molecule has 0 aliphatic heterocycles. The van der Waals surface area contributed by atoms with Crippen LogP contribution in [0, 0.1) is 5.41 Å². The van der Waals surface area contributed by atoms with Gasteiger partial charge in [-0.2, -0.15) is 0 Å². The summed E-state index contributed by atoms with van der Waals surface area (Å²) in [5.74, 6) is 0. The molecule has 0 spiro atoms. The molecule has 0 aromatic carbocycles. The number of oxime groups is 1. The van der Waals surface area contributed by atoms with E-state index in [2.05, 4.69) is 5.16 Å². The van der Waals surface area contributed by atoms with Crippen molar-refractivity contribution in [3.63, 3.8) is 0 Å². The molecule has 5 heteroatoms. The molecule has 0 saturated heterocycles. The molecule has 0 aromatic heterocycles. The Morgan fingerprint density at radius 3 is 2.27 bits per heavy atom. The lowest BCUT2D eigenvalue weighted by Gasteiger charge is -2.37. The fourth-order valence-electron chi connectivity index (χ4n) is 1.50. The molecule has 0 unspecified atom stereocenters. The van der Waals surface area contributed by atoms with Crippen molar-refractivity contribution in [1.29, 1.82) is 0 Å². The Kier molecular flexibility index (Phi) is 3.44. The summed E-state index contributed by atoms with van der Waals surface area (Å²) in [6.07, 6.45) is 3.53. The first kappa shape index (κ1) is 12.9. The number of nitrogens with zero attached hydrogens (tertiary/aromatic N) is 1. The minimum atomic E-state index is -1.42. The molecule has 0 aromatic rings. The van der Waals surface area contributed by atoms with Crippen molar-refractivity contribution < 1.29 is 5.21 Å². The fourth-order valence-corrected chi connectivity index (χ4v) is 2.11. The summed E-state index contributed by atoms with van der Waals surface area (Å²) in [5.41, 5.74) is 1.47. The van der Waals surface area contributed by atoms with Crippen LogP contribution < -0.4 is 0 Å². The zero-order valence-corrected chi connectivity index (χ0v) is 11.0. The molecular weight excluding hydrogens is 256 g/mol. The second kappa shape index (κ2) is 4.00. The smallest absolute Gasteiger partial charge is 0.202 e. The monoisotopic (exact) mass is 267 g/mol. The third-order valence-electron chi connectivity index (χ3n) is 2.78. The Bertz CT molecular complexity index is 365. The van der Waals surface area contributed by atoms with Gasteiger partial charge in [0.15, 0.2) is 0 Å². The van der Waals surface area contributed by atoms with Crippen LogP contribution in [-0.2, 0) is 0 Å². The van der Waals surface area contributed by atoms with Crippen LogP contribution >= 0.6 is 34.8 Å². The summed E-state index contributed by atoms with van der Waals surface area (Å²) in [5, 5.41) is 11.9. The first-order chi connectivity index (χ1) is 6.72. The maximum atomic E-state index is 8.76. The molecule has 84 valence electrons. The molecule has 0 fully saturated rings. The van der Waals surface area contributed by atoms with E-state index in [9.17, 15) is 0 Å². The third kappa shape index (κ3) is 2.17. The average molecular weight is 269 g/mol. The molecule has 1 N–H and O–H groups in total. The summed E-state index contributed by atoms with van der Waals surface area (Å²) in [4.78, 5) is 0. The van der Waals surface area contributed by atoms with E-state index in [1.165, 1.54) is 0 Å². The number of hydrogen-bond acceptors (Lipinski definition) is 2. The SMILES string of the molecule is CC1=C[C@](C)(C(Cl)(Cl)Cl)C(C)=C/C1=N\O. The average Bonchev–Trinajstić information content (AvgIpc) is 2.09. The Morgan fingerprint density at radius 1 is 1.33 bits per heavy atom. The zero-order chi connectivity index (χ0) is 11.9. The second-order valence-corrected chi connectivity index (χ2v) is 6.12. The van der Waals surface area contributed by atoms with Crippen molar-refractivity contribution >= 4 is 40.5 Å². The number of allylic oxidation sites excluding steroid dienone is 4. The summed E-state index contributed by atoms with van der Waals surface area (Å²) < 4.78 is -1.42. The molecule has 0 saturated carbocycles. The zero-order valence-electron chi connectivity index (χ0n) is 8.68. The van der Waals surface area contributed by atoms with Crippen LogP contribution in [0.2, 0.25) is 0 Å². The predicted octanol–water partition coefficient (Wildman–Crippen LogP) is 4.10. The summed E-state index contributed by atoms with van der Waals surface area (Å²) in [6.45, 7) is 5.49. The first-order valence-corrected chi connectivity index (χ1v) is 5.53. The van der Waals surface area contributed by atoms with Crippen molar-refractivity contribution in [3.05, 3.63) is 23.3 Å². The highest BCUT2D eigenvalue weighted by Crippen LogP contribution is 2.51. The van der Waals surface area contributed by atoms with Gasteiger partial charge in [-0.05, 0) is 32.4 Å². The van der Waals surface area contributed by atoms with Gasteiger partial charge in [-0.25, -0.2) is 0 Å². The lowest BCUT2D eigenvalue weighted by atomic mass is 9.78. The molecule has 0 amide bonds. The van der Waals surface area contributed by atoms with Crippen molar-refractivity contribution in [2.24, 2.45) is 10.6 Å². The van der Waals surface area contributed by atoms with E-state index in [1.54, 1.807) is 6.08 Å². The molecule has 2 nitrogen and oxygen atoms in total. The van der Waals surface area contributed by atoms with Crippen LogP contribution in [0.3, 0.4) is 0 Å². The molecule has 15 heavy (non-hydrogen) atoms. The van der Waals surface area contributed by atoms with Crippen molar-refractivity contribution in [2.75, 3.05) is 0 Å². The van der Waals surface area contributed by atoms with Gasteiger partial charge in [-0.15, -0.1) is 0 Å². The van der Waals surface area contributed by atoms with Gasteiger partial charge in [-0.1, -0.05) is 51.6 Å². The number of halogens is 3. The summed E-state index contributed by atoms with van der Waals surface area (Å²) >= 11 is 17.8. The quantitative estimate of drug-likeness (QED) is 0.400. The maximum absolute atomic E-state index is 8.76. The minimum Gasteiger partial charge on any atom is -0.410 e. The van der Waals surface area contributed by atoms with Crippen LogP contribution in [0.15, 0.2) is 28.5 Å². The van der Waals surface area contributed by atoms with Crippen LogP contribution in [0.4, 0.5) is 0 Å². The van der Waals surface area contributed by atoms with E-state index in [-0.39, 0.29) is 0 Å². The van der Waals surface area contributed by atoms with Gasteiger partial charge in [-0.3, -0.25) is 0 Å². The van der Waals surface area contributed by atoms with E-state index in [0.717, 1.165) is 11.1 Å². The van der Waals surface area contributed by atoms with E-state index in [4.69, 9.17) is 40.0 Å². The van der Waals surface area contributed by atoms with Gasteiger partial charge < -0.3 is 5.21 Å². The molecule has 0 bridgehead atoms. The highest BCUT2D eigenvalue weighted by molar-refractivity contribution is 6.68. The second-order valence-electron chi connectivity index (χ2n) is 3.84. The van der Waals surface area contributed by atoms with Crippen LogP contribution in [-0.4, -0.2) is 14.7 Å². The van der Waals surface area contributed by atoms with Crippen LogP contribution in [0.25, 0.3) is 0 Å². The van der Waals surface area contributed by atoms with Gasteiger partial charge in [0.25, 0.3) is 0 Å². The van der Waals surface area contributed by atoms with E-state index >= 15 is 0 Å². The molecule has 1 aliphatic rings. The lowest BCUT2D eigenvalue weighted by molar-refractivity contribution is 0.319. The van der Waals surface area contributed by atoms with E-state index in [0.29, 0.717) is 5.71 Å². The van der Waals surface area contributed by atoms with Crippen LogP contribution in [0.1, 0.15) is 20.8 Å². The Balaban J connectivity index is 3.28. The van der Waals surface area contributed by atoms with Crippen LogP contribution in [0.5, 0.6) is 0 Å². The highest BCUT2D eigenvalue weighted by atomic mass is 35.6. The summed E-state index contributed by atoms with van der Waals surface area (Å²) in [6, 6.07) is 0. The van der Waals surface area contributed by atoms with E-state index in [1.807, 2.05) is 26.8 Å². The number of alkyl halides is 3. The molecule has 0 heterocycles. The first-order valence-electron chi connectivity index (χ1n) is 4.40. The summed E-state index contributed by atoms with van der Waals surface area (Å²) in [7, 11) is 0. The standard InChI is InChI=1S/C10H12Cl3NO/c1-6-5-9(3,10(11,12)13)7(2)4-8(6)14-15/h4-5,15H,1-3H3/b14-8+/t9-/m0/s1. The van der Waals surface area contributed by atoms with Gasteiger partial charge in [0.1, 0.15) is 5.71 Å². The van der Waals surface area contributed by atoms with Crippen molar-refractivity contribution in [1.82, 2.24) is 0 Å². The number of rotatable bonds is 0. The van der Waals surface area contributed by atoms with Crippen molar-refractivity contribution in [3.8, 4) is 0 Å². The van der Waals surface area contributed by atoms with Gasteiger partial charge in [0.2, 0.25) is 3.79 Å². The molecular formula is C10H12Cl3NO. The van der Waals surface area contributed by atoms with Gasteiger partial charge in [0, 0.05) is 0 Å². The molecule has 1 atom stereocenters. The molecule has 0 radical (unpaired) electrons. The highest BCUT2D eigenvalue weighted by Gasteiger charge is 2.45. The topological polar surface area (TPSA) is 32.6 Å². The molecule has 1 rings (SSSR count). The Hall–Kier alpha value is -0.180. The largest absolute Gasteiger partial charge is 0.410 e. The Labute approximate surface area is 104 Å². The van der Waals surface area contributed by atoms with Crippen molar-refractivity contribution in [2.45, 2.75) is 24.6 Å². The maximum Gasteiger partial charge on any atom is 0.202 e. The minimum absolute atomic E-state index is 0.499. The lowest BCUT2D eigenvalue weighted by Crippen LogP contribution is -2.34. The normalized spacial score (nSPS) is 30.1. The third-order valence-corrected chi connectivity index (χ3v) is 3.96. The fraction of sp³-hybridized carbons (Fsp3) is 0.500. The van der Waals surface area contributed by atoms with E-state index < -0.39 is 9.21 Å². The molecule has 1 aliphatic carbocycles. The predicted molar refractivity (Wildman–Crippen MR) is 65.1 cm³/mol.